The van der Waals surface area contributed by atoms with Crippen molar-refractivity contribution in [1.82, 2.24) is 9.47 Å². The first-order valence-electron chi connectivity index (χ1n) is 9.10. The van der Waals surface area contributed by atoms with E-state index in [9.17, 15) is 30.3 Å². The van der Waals surface area contributed by atoms with Gasteiger partial charge < -0.3 is 15.1 Å². The summed E-state index contributed by atoms with van der Waals surface area (Å²) < 4.78 is 1.10. The molecule has 0 saturated heterocycles. The van der Waals surface area contributed by atoms with Gasteiger partial charge in [0.15, 0.2) is 6.23 Å². The Hall–Kier alpha value is -3.62. The number of nitrogens with zero attached hydrogens (tertiary/aromatic N) is 4. The number of amides is 1. The first-order valence-corrected chi connectivity index (χ1v) is 9.10. The molecule has 1 aromatic heterocycles. The number of allylic oxidation sites excluding steroid dienone is 2. The molecule has 1 aromatic rings. The molecule has 1 atom stereocenters. The van der Waals surface area contributed by atoms with Crippen LogP contribution in [0, 0.1) is 29.6 Å². The van der Waals surface area contributed by atoms with E-state index in [4.69, 9.17) is 0 Å². The minimum absolute atomic E-state index is 0.0613. The Morgan fingerprint density at radius 1 is 1.14 bits per heavy atom. The predicted octanol–water partition coefficient (Wildman–Crippen LogP) is 1.71. The van der Waals surface area contributed by atoms with Gasteiger partial charge in [-0.3, -0.25) is 14.2 Å². The molecule has 8 heteroatoms. The Kier molecular flexibility index (Phi) is 6.42. The van der Waals surface area contributed by atoms with Crippen molar-refractivity contribution in [3.8, 4) is 18.0 Å². The fourth-order valence-electron chi connectivity index (χ4n) is 3.28. The van der Waals surface area contributed by atoms with Crippen molar-refractivity contribution in [3.63, 3.8) is 0 Å². The molecule has 2 heterocycles. The number of aliphatic hydroxyl groups is 1. The van der Waals surface area contributed by atoms with Crippen LogP contribution in [-0.4, -0.2) is 38.4 Å². The molecule has 0 radical (unpaired) electrons. The van der Waals surface area contributed by atoms with Gasteiger partial charge in [0, 0.05) is 24.2 Å². The molecule has 0 bridgehead atoms. The van der Waals surface area contributed by atoms with Crippen LogP contribution < -0.4 is 5.56 Å². The largest absolute Gasteiger partial charge is 0.494 e. The molecule has 1 amide bonds. The third-order valence-electron chi connectivity index (χ3n) is 5.00. The smallest absolute Gasteiger partial charge is 0.271 e. The van der Waals surface area contributed by atoms with E-state index in [1.54, 1.807) is 27.7 Å². The van der Waals surface area contributed by atoms with Crippen molar-refractivity contribution < 1.29 is 15.0 Å². The highest BCUT2D eigenvalue weighted by molar-refractivity contribution is 6.00. The van der Waals surface area contributed by atoms with Gasteiger partial charge in [0.05, 0.1) is 11.6 Å². The number of aromatic nitrogens is 1. The normalized spacial score (nSPS) is 18.4. The van der Waals surface area contributed by atoms with Gasteiger partial charge >= 0.3 is 0 Å². The number of hydrogen-bond donors (Lipinski definition) is 2. The van der Waals surface area contributed by atoms with E-state index in [2.05, 4.69) is 0 Å². The van der Waals surface area contributed by atoms with Crippen LogP contribution in [0.15, 0.2) is 33.7 Å². The van der Waals surface area contributed by atoms with E-state index in [1.807, 2.05) is 12.1 Å². The summed E-state index contributed by atoms with van der Waals surface area (Å²) in [6.07, 6.45) is 3.20. The summed E-state index contributed by atoms with van der Waals surface area (Å²) in [7, 11) is 0. The lowest BCUT2D eigenvalue weighted by atomic mass is 9.94. The molecule has 1 aliphatic heterocycles. The molecule has 0 fully saturated rings. The number of nitriles is 2. The van der Waals surface area contributed by atoms with Gasteiger partial charge in [0.1, 0.15) is 11.6 Å². The zero-order valence-corrected chi connectivity index (χ0v) is 16.7. The standard InChI is InChI=1S/C21H22N4O4/c1-5-24-18(26)14(12(3)16(10-22)20(24)28)8-7-9-15-13(4)17(11-23)21(29)25(6-2)19(15)27/h7-9,20,27-28H,5-6H2,1-4H3/b9-7+,14-8-. The minimum atomic E-state index is -1.28. The molecule has 8 nitrogen and oxygen atoms in total. The Labute approximate surface area is 168 Å². The molecular weight excluding hydrogens is 372 g/mol. The first kappa shape index (κ1) is 21.7. The van der Waals surface area contributed by atoms with Crippen LogP contribution in [0.2, 0.25) is 0 Å². The Bertz CT molecular complexity index is 1090. The fraction of sp³-hybridized carbons (Fsp3) is 0.333. The highest BCUT2D eigenvalue weighted by Gasteiger charge is 2.34. The van der Waals surface area contributed by atoms with E-state index >= 15 is 0 Å². The molecule has 0 spiro atoms. The van der Waals surface area contributed by atoms with Gasteiger partial charge in [-0.2, -0.15) is 10.5 Å². The van der Waals surface area contributed by atoms with Crippen molar-refractivity contribution in [1.29, 1.82) is 10.5 Å². The fourth-order valence-corrected chi connectivity index (χ4v) is 3.28. The van der Waals surface area contributed by atoms with Crippen molar-refractivity contribution >= 4 is 12.0 Å². The maximum absolute atomic E-state index is 12.6. The number of carbonyl (C=O) groups excluding carboxylic acids is 1. The third kappa shape index (κ3) is 3.58. The van der Waals surface area contributed by atoms with Crippen LogP contribution in [0.25, 0.3) is 6.08 Å². The molecule has 2 rings (SSSR count). The Balaban J connectivity index is 2.61. The van der Waals surface area contributed by atoms with Crippen molar-refractivity contribution in [2.75, 3.05) is 6.54 Å². The second-order valence-electron chi connectivity index (χ2n) is 6.45. The molecule has 29 heavy (non-hydrogen) atoms. The molecule has 150 valence electrons. The molecule has 1 aliphatic rings. The van der Waals surface area contributed by atoms with Crippen molar-refractivity contribution in [3.05, 3.63) is 55.9 Å². The monoisotopic (exact) mass is 394 g/mol. The molecule has 0 aliphatic carbocycles. The molecule has 1 unspecified atom stereocenters. The van der Waals surface area contributed by atoms with Crippen LogP contribution >= 0.6 is 0 Å². The highest BCUT2D eigenvalue weighted by Crippen LogP contribution is 2.28. The number of pyridine rings is 1. The number of carbonyl (C=O) groups is 1. The second-order valence-corrected chi connectivity index (χ2v) is 6.45. The Morgan fingerprint density at radius 3 is 2.31 bits per heavy atom. The van der Waals surface area contributed by atoms with E-state index < -0.39 is 17.7 Å². The number of aromatic hydroxyl groups is 1. The zero-order valence-electron chi connectivity index (χ0n) is 16.7. The maximum Gasteiger partial charge on any atom is 0.271 e. The highest BCUT2D eigenvalue weighted by atomic mass is 16.3. The van der Waals surface area contributed by atoms with Crippen LogP contribution in [0.4, 0.5) is 0 Å². The van der Waals surface area contributed by atoms with E-state index in [0.29, 0.717) is 11.1 Å². The number of aliphatic hydroxyl groups excluding tert-OH is 1. The van der Waals surface area contributed by atoms with Gasteiger partial charge in [-0.25, -0.2) is 0 Å². The van der Waals surface area contributed by atoms with Crippen molar-refractivity contribution in [2.24, 2.45) is 0 Å². The lowest BCUT2D eigenvalue weighted by Gasteiger charge is -2.32. The lowest BCUT2D eigenvalue weighted by molar-refractivity contribution is -0.135. The predicted molar refractivity (Wildman–Crippen MR) is 106 cm³/mol. The van der Waals surface area contributed by atoms with E-state index in [0.717, 1.165) is 4.57 Å². The summed E-state index contributed by atoms with van der Waals surface area (Å²) in [6, 6.07) is 3.80. The van der Waals surface area contributed by atoms with Crippen molar-refractivity contribution in [2.45, 2.75) is 40.5 Å². The maximum atomic E-state index is 12.6. The second kappa shape index (κ2) is 8.59. The zero-order chi connectivity index (χ0) is 21.9. The van der Waals surface area contributed by atoms with Gasteiger partial charge in [0.25, 0.3) is 11.5 Å². The van der Waals surface area contributed by atoms with Crippen LogP contribution in [0.5, 0.6) is 5.88 Å². The number of likely N-dealkylation sites (N-methyl/N-ethyl adjacent to an activating group) is 1. The summed E-state index contributed by atoms with van der Waals surface area (Å²) in [6.45, 7) is 6.94. The summed E-state index contributed by atoms with van der Waals surface area (Å²) in [4.78, 5) is 26.1. The van der Waals surface area contributed by atoms with E-state index in [-0.39, 0.29) is 41.2 Å². The van der Waals surface area contributed by atoms with Crippen LogP contribution in [0.1, 0.15) is 37.5 Å². The lowest BCUT2D eigenvalue weighted by Crippen LogP contribution is -2.45. The average molecular weight is 394 g/mol. The van der Waals surface area contributed by atoms with Gasteiger partial charge in [-0.05, 0) is 51.0 Å². The van der Waals surface area contributed by atoms with Gasteiger partial charge in [-0.15, -0.1) is 0 Å². The van der Waals surface area contributed by atoms with Gasteiger partial charge in [0.2, 0.25) is 5.88 Å². The summed E-state index contributed by atoms with van der Waals surface area (Å²) in [5.41, 5.74) is 0.707. The number of rotatable bonds is 4. The summed E-state index contributed by atoms with van der Waals surface area (Å²) >= 11 is 0. The SMILES string of the molecule is CCN1C(=O)/C(=C\C=C\c2c(C)c(C#N)c(=O)n(CC)c2O)C(C)=C(C#N)C1O. The average Bonchev–Trinajstić information content (AvgIpc) is 2.68. The topological polar surface area (TPSA) is 130 Å². The van der Waals surface area contributed by atoms with Crippen LogP contribution in [-0.2, 0) is 11.3 Å². The van der Waals surface area contributed by atoms with Gasteiger partial charge in [-0.1, -0.05) is 6.08 Å². The Morgan fingerprint density at radius 2 is 1.79 bits per heavy atom. The molecule has 0 saturated carbocycles. The summed E-state index contributed by atoms with van der Waals surface area (Å²) in [5, 5.41) is 39.2. The number of hydrogen-bond acceptors (Lipinski definition) is 6. The van der Waals surface area contributed by atoms with E-state index in [1.165, 1.54) is 23.1 Å². The molecule has 2 N–H and O–H groups in total. The quantitative estimate of drug-likeness (QED) is 0.748. The molecular formula is C21H22N4O4. The minimum Gasteiger partial charge on any atom is -0.494 e. The third-order valence-corrected chi connectivity index (χ3v) is 5.00. The summed E-state index contributed by atoms with van der Waals surface area (Å²) in [5.74, 6) is -0.687. The first-order chi connectivity index (χ1) is 13.7. The molecule has 0 aromatic carbocycles. The van der Waals surface area contributed by atoms with Crippen LogP contribution in [0.3, 0.4) is 0 Å².